The number of nitrogens with two attached hydrogens (primary N) is 1. The Kier molecular flexibility index (Phi) is 2.40. The highest BCUT2D eigenvalue weighted by Gasteiger charge is 2.10. The van der Waals surface area contributed by atoms with E-state index in [0.29, 0.717) is 10.7 Å². The van der Waals surface area contributed by atoms with E-state index in [1.165, 1.54) is 0 Å². The van der Waals surface area contributed by atoms with Crippen LogP contribution in [0.3, 0.4) is 0 Å². The third-order valence-corrected chi connectivity index (χ3v) is 2.71. The molecule has 0 fully saturated rings. The van der Waals surface area contributed by atoms with Gasteiger partial charge in [-0.1, -0.05) is 6.07 Å². The monoisotopic (exact) mass is 220 g/mol. The van der Waals surface area contributed by atoms with Crippen LogP contribution in [0.25, 0.3) is 5.82 Å². The normalized spacial score (nSPS) is 10.6. The van der Waals surface area contributed by atoms with E-state index >= 15 is 0 Å². The molecule has 0 aliphatic rings. The molecule has 2 aromatic rings. The summed E-state index contributed by atoms with van der Waals surface area (Å²) in [6, 6.07) is 5.72. The van der Waals surface area contributed by atoms with E-state index in [4.69, 9.17) is 5.73 Å². The highest BCUT2D eigenvalue weighted by Crippen LogP contribution is 2.22. The summed E-state index contributed by atoms with van der Waals surface area (Å²) < 4.78 is 1.60. The number of pyridine rings is 1. The number of anilines is 1. The van der Waals surface area contributed by atoms with Crippen LogP contribution in [0.1, 0.15) is 11.4 Å². The SMILES string of the molecule is Cc1cccc(-n2nc(C)c(S)c2N)n1. The van der Waals surface area contributed by atoms with E-state index < -0.39 is 0 Å². The van der Waals surface area contributed by atoms with Crippen molar-refractivity contribution >= 4 is 18.4 Å². The van der Waals surface area contributed by atoms with Crippen LogP contribution in [-0.2, 0) is 0 Å². The molecule has 2 aromatic heterocycles. The molecule has 15 heavy (non-hydrogen) atoms. The second-order valence-electron chi connectivity index (χ2n) is 3.37. The fourth-order valence-corrected chi connectivity index (χ4v) is 1.50. The minimum absolute atomic E-state index is 0.522. The molecule has 0 atom stereocenters. The van der Waals surface area contributed by atoms with Gasteiger partial charge in [0.05, 0.1) is 10.6 Å². The number of aromatic nitrogens is 3. The minimum atomic E-state index is 0.522. The van der Waals surface area contributed by atoms with Gasteiger partial charge in [0.15, 0.2) is 5.82 Å². The van der Waals surface area contributed by atoms with Crippen molar-refractivity contribution in [2.24, 2.45) is 0 Å². The zero-order chi connectivity index (χ0) is 11.0. The molecule has 4 nitrogen and oxygen atoms in total. The van der Waals surface area contributed by atoms with E-state index in [2.05, 4.69) is 22.7 Å². The van der Waals surface area contributed by atoms with Crippen molar-refractivity contribution in [2.45, 2.75) is 18.7 Å². The number of hydrogen-bond donors (Lipinski definition) is 2. The van der Waals surface area contributed by atoms with E-state index in [1.807, 2.05) is 32.0 Å². The lowest BCUT2D eigenvalue weighted by Gasteiger charge is -2.03. The molecule has 2 N–H and O–H groups in total. The first-order valence-corrected chi connectivity index (χ1v) is 5.02. The van der Waals surface area contributed by atoms with Gasteiger partial charge >= 0.3 is 0 Å². The summed E-state index contributed by atoms with van der Waals surface area (Å²) >= 11 is 4.27. The highest BCUT2D eigenvalue weighted by molar-refractivity contribution is 7.80. The summed E-state index contributed by atoms with van der Waals surface area (Å²) in [6.45, 7) is 3.79. The summed E-state index contributed by atoms with van der Waals surface area (Å²) in [5.41, 5.74) is 7.61. The maximum Gasteiger partial charge on any atom is 0.155 e. The third-order valence-electron chi connectivity index (χ3n) is 2.15. The maximum atomic E-state index is 5.87. The van der Waals surface area contributed by atoms with Gasteiger partial charge in [0.1, 0.15) is 5.82 Å². The van der Waals surface area contributed by atoms with Crippen molar-refractivity contribution in [1.29, 1.82) is 0 Å². The van der Waals surface area contributed by atoms with Crippen LogP contribution in [0.15, 0.2) is 23.1 Å². The molecule has 5 heteroatoms. The van der Waals surface area contributed by atoms with Crippen LogP contribution in [-0.4, -0.2) is 14.8 Å². The lowest BCUT2D eigenvalue weighted by molar-refractivity contribution is 0.836. The largest absolute Gasteiger partial charge is 0.383 e. The van der Waals surface area contributed by atoms with Crippen molar-refractivity contribution in [3.05, 3.63) is 29.6 Å². The first-order valence-electron chi connectivity index (χ1n) is 4.57. The lowest BCUT2D eigenvalue weighted by Crippen LogP contribution is -2.04. The number of nitrogens with zero attached hydrogens (tertiary/aromatic N) is 3. The maximum absolute atomic E-state index is 5.87. The van der Waals surface area contributed by atoms with Crippen LogP contribution in [0.2, 0.25) is 0 Å². The van der Waals surface area contributed by atoms with Gasteiger partial charge < -0.3 is 5.73 Å². The molecule has 0 spiro atoms. The number of thiol groups is 1. The standard InChI is InChI=1S/C10H12N4S/c1-6-4-3-5-8(12-6)14-10(11)9(15)7(2)13-14/h3-5,15H,11H2,1-2H3. The molecule has 2 rings (SSSR count). The average Bonchev–Trinajstić information content (AvgIpc) is 2.46. The Bertz CT molecular complexity index is 504. The Morgan fingerprint density at radius 1 is 1.33 bits per heavy atom. The Balaban J connectivity index is 2.59. The van der Waals surface area contributed by atoms with Gasteiger partial charge in [0.25, 0.3) is 0 Å². The number of rotatable bonds is 1. The molecule has 0 saturated heterocycles. The first kappa shape index (κ1) is 10.0. The Morgan fingerprint density at radius 2 is 2.07 bits per heavy atom. The van der Waals surface area contributed by atoms with Crippen LogP contribution in [0.5, 0.6) is 0 Å². The molecule has 0 amide bonds. The molecule has 2 heterocycles. The van der Waals surface area contributed by atoms with Gasteiger partial charge in [0, 0.05) is 5.69 Å². The zero-order valence-electron chi connectivity index (χ0n) is 8.60. The van der Waals surface area contributed by atoms with Crippen molar-refractivity contribution in [2.75, 3.05) is 5.73 Å². The van der Waals surface area contributed by atoms with Gasteiger partial charge in [-0.15, -0.1) is 12.6 Å². The van der Waals surface area contributed by atoms with Gasteiger partial charge in [-0.05, 0) is 26.0 Å². The molecule has 0 unspecified atom stereocenters. The topological polar surface area (TPSA) is 56.7 Å². The van der Waals surface area contributed by atoms with Gasteiger partial charge in [-0.3, -0.25) is 0 Å². The van der Waals surface area contributed by atoms with Crippen molar-refractivity contribution < 1.29 is 0 Å². The fourth-order valence-electron chi connectivity index (χ4n) is 1.36. The van der Waals surface area contributed by atoms with Crippen molar-refractivity contribution in [3.63, 3.8) is 0 Å². The minimum Gasteiger partial charge on any atom is -0.383 e. The Labute approximate surface area is 93.5 Å². The quantitative estimate of drug-likeness (QED) is 0.720. The molecular formula is C10H12N4S. The van der Waals surface area contributed by atoms with Crippen LogP contribution < -0.4 is 5.73 Å². The smallest absolute Gasteiger partial charge is 0.155 e. The molecule has 0 radical (unpaired) electrons. The Morgan fingerprint density at radius 3 is 2.60 bits per heavy atom. The second-order valence-corrected chi connectivity index (χ2v) is 3.82. The molecule has 0 aliphatic carbocycles. The van der Waals surface area contributed by atoms with E-state index in [1.54, 1.807) is 4.68 Å². The number of hydrogen-bond acceptors (Lipinski definition) is 4. The van der Waals surface area contributed by atoms with Crippen LogP contribution >= 0.6 is 12.6 Å². The lowest BCUT2D eigenvalue weighted by atomic mass is 10.4. The molecular weight excluding hydrogens is 208 g/mol. The third kappa shape index (κ3) is 1.70. The molecule has 0 saturated carbocycles. The van der Waals surface area contributed by atoms with Crippen molar-refractivity contribution in [3.8, 4) is 5.82 Å². The van der Waals surface area contributed by atoms with E-state index in [9.17, 15) is 0 Å². The van der Waals surface area contributed by atoms with Crippen LogP contribution in [0, 0.1) is 13.8 Å². The summed E-state index contributed by atoms with van der Waals surface area (Å²) in [5, 5.41) is 4.27. The predicted octanol–water partition coefficient (Wildman–Crippen LogP) is 1.76. The fraction of sp³-hybridized carbons (Fsp3) is 0.200. The summed E-state index contributed by atoms with van der Waals surface area (Å²) in [4.78, 5) is 5.05. The zero-order valence-corrected chi connectivity index (χ0v) is 9.49. The number of aryl methyl sites for hydroxylation is 2. The van der Waals surface area contributed by atoms with Gasteiger partial charge in [-0.25, -0.2) is 4.98 Å². The highest BCUT2D eigenvalue weighted by atomic mass is 32.1. The van der Waals surface area contributed by atoms with Gasteiger partial charge in [0.2, 0.25) is 0 Å². The summed E-state index contributed by atoms with van der Waals surface area (Å²) in [5.74, 6) is 1.24. The molecule has 0 bridgehead atoms. The predicted molar refractivity (Wildman–Crippen MR) is 62.5 cm³/mol. The summed E-state index contributed by atoms with van der Waals surface area (Å²) in [7, 11) is 0. The van der Waals surface area contributed by atoms with Crippen LogP contribution in [0.4, 0.5) is 5.82 Å². The Hall–Kier alpha value is -1.49. The molecule has 0 aromatic carbocycles. The van der Waals surface area contributed by atoms with E-state index in [0.717, 1.165) is 17.2 Å². The second kappa shape index (κ2) is 3.58. The average molecular weight is 220 g/mol. The number of nitrogen functional groups attached to an aromatic ring is 1. The molecule has 78 valence electrons. The van der Waals surface area contributed by atoms with Gasteiger partial charge in [-0.2, -0.15) is 9.78 Å². The summed E-state index contributed by atoms with van der Waals surface area (Å²) in [6.07, 6.45) is 0. The van der Waals surface area contributed by atoms with E-state index in [-0.39, 0.29) is 0 Å². The first-order chi connectivity index (χ1) is 7.09. The van der Waals surface area contributed by atoms with Crippen molar-refractivity contribution in [1.82, 2.24) is 14.8 Å². The molecule has 0 aliphatic heterocycles.